The third-order valence-electron chi connectivity index (χ3n) is 5.85. The molecule has 4 rings (SSSR count). The SMILES string of the molecule is [C-]#[N+]c1ccc(-n2ncc(C(=O)O)c2-c2c(C)n(-c3cccc(C(F)(F)F)c3)c(=O)n(CC)c2=O)c(F)c1. The van der Waals surface area contributed by atoms with E-state index < -0.39 is 46.0 Å². The molecule has 13 heteroatoms. The fraction of sp³-hybridized carbons (Fsp3) is 0.160. The van der Waals surface area contributed by atoms with E-state index in [1.165, 1.54) is 32.0 Å². The van der Waals surface area contributed by atoms with Gasteiger partial charge >= 0.3 is 17.8 Å². The Bertz CT molecular complexity index is 1760. The average molecular weight is 527 g/mol. The molecule has 0 amide bonds. The number of halogens is 4. The molecule has 0 atom stereocenters. The highest BCUT2D eigenvalue weighted by molar-refractivity contribution is 5.95. The normalized spacial score (nSPS) is 11.4. The molecule has 0 fully saturated rings. The molecule has 0 spiro atoms. The van der Waals surface area contributed by atoms with Gasteiger partial charge in [0.15, 0.2) is 5.69 Å². The highest BCUT2D eigenvalue weighted by Gasteiger charge is 2.32. The van der Waals surface area contributed by atoms with Crippen molar-refractivity contribution in [2.75, 3.05) is 0 Å². The number of nitrogens with zero attached hydrogens (tertiary/aromatic N) is 5. The lowest BCUT2D eigenvalue weighted by Gasteiger charge is -2.19. The number of benzene rings is 2. The highest BCUT2D eigenvalue weighted by Crippen LogP contribution is 2.32. The summed E-state index contributed by atoms with van der Waals surface area (Å²) < 4.78 is 57.6. The number of carboxylic acids is 1. The van der Waals surface area contributed by atoms with Crippen molar-refractivity contribution in [1.82, 2.24) is 18.9 Å². The number of carboxylic acid groups (broad SMARTS) is 1. The van der Waals surface area contributed by atoms with Crippen LogP contribution in [-0.4, -0.2) is 30.0 Å². The first-order valence-electron chi connectivity index (χ1n) is 10.9. The molecule has 2 heterocycles. The summed E-state index contributed by atoms with van der Waals surface area (Å²) in [6, 6.07) is 7.19. The van der Waals surface area contributed by atoms with Crippen LogP contribution >= 0.6 is 0 Å². The number of rotatable bonds is 5. The van der Waals surface area contributed by atoms with Gasteiger partial charge in [-0.25, -0.2) is 23.5 Å². The Labute approximate surface area is 211 Å². The number of carbonyl (C=O) groups is 1. The van der Waals surface area contributed by atoms with E-state index in [1.807, 2.05) is 0 Å². The molecule has 0 bridgehead atoms. The fourth-order valence-corrected chi connectivity index (χ4v) is 4.09. The summed E-state index contributed by atoms with van der Waals surface area (Å²) in [5.74, 6) is -2.47. The van der Waals surface area contributed by atoms with E-state index in [4.69, 9.17) is 6.57 Å². The molecule has 0 unspecified atom stereocenters. The van der Waals surface area contributed by atoms with Crippen LogP contribution in [0.2, 0.25) is 0 Å². The molecule has 0 aliphatic heterocycles. The zero-order valence-corrected chi connectivity index (χ0v) is 19.7. The predicted octanol–water partition coefficient (Wildman–Crippen LogP) is 4.59. The minimum absolute atomic E-state index is 0.0407. The quantitative estimate of drug-likeness (QED) is 0.302. The molecule has 1 N–H and O–H groups in total. The lowest BCUT2D eigenvalue weighted by Crippen LogP contribution is -2.41. The molecule has 0 saturated carbocycles. The van der Waals surface area contributed by atoms with Crippen LogP contribution in [-0.2, 0) is 12.7 Å². The maximum atomic E-state index is 14.9. The van der Waals surface area contributed by atoms with Gasteiger partial charge in [0.1, 0.15) is 11.4 Å². The molecule has 0 aliphatic carbocycles. The van der Waals surface area contributed by atoms with E-state index in [1.54, 1.807) is 0 Å². The van der Waals surface area contributed by atoms with Crippen LogP contribution in [0, 0.1) is 19.3 Å². The molecule has 4 aromatic rings. The van der Waals surface area contributed by atoms with Crippen LogP contribution in [0.1, 0.15) is 28.5 Å². The van der Waals surface area contributed by atoms with E-state index in [0.29, 0.717) is 0 Å². The van der Waals surface area contributed by atoms with E-state index in [-0.39, 0.29) is 34.9 Å². The topological polar surface area (TPSA) is 103 Å². The minimum atomic E-state index is -4.72. The largest absolute Gasteiger partial charge is 0.478 e. The van der Waals surface area contributed by atoms with E-state index in [9.17, 15) is 37.1 Å². The summed E-state index contributed by atoms with van der Waals surface area (Å²) >= 11 is 0. The number of hydrogen-bond acceptors (Lipinski definition) is 4. The molecule has 0 radical (unpaired) electrons. The van der Waals surface area contributed by atoms with Crippen LogP contribution in [0.25, 0.3) is 27.5 Å². The van der Waals surface area contributed by atoms with Crippen molar-refractivity contribution in [3.63, 3.8) is 0 Å². The van der Waals surface area contributed by atoms with Crippen molar-refractivity contribution in [2.45, 2.75) is 26.6 Å². The van der Waals surface area contributed by atoms with Gasteiger partial charge in [0.25, 0.3) is 5.56 Å². The van der Waals surface area contributed by atoms with Crippen molar-refractivity contribution >= 4 is 11.7 Å². The molecular formula is C25H17F4N5O4. The van der Waals surface area contributed by atoms with E-state index in [0.717, 1.165) is 44.3 Å². The van der Waals surface area contributed by atoms with Crippen LogP contribution < -0.4 is 11.2 Å². The molecule has 0 aliphatic rings. The number of aromatic carboxylic acids is 1. The Balaban J connectivity index is 2.14. The molecule has 2 aromatic heterocycles. The maximum Gasteiger partial charge on any atom is 0.416 e. The van der Waals surface area contributed by atoms with Gasteiger partial charge in [-0.2, -0.15) is 18.3 Å². The lowest BCUT2D eigenvalue weighted by molar-refractivity contribution is -0.137. The number of hydrogen-bond donors (Lipinski definition) is 1. The number of aromatic nitrogens is 4. The Hall–Kier alpha value is -4.99. The first-order chi connectivity index (χ1) is 17.9. The first kappa shape index (κ1) is 26.1. The molecule has 194 valence electrons. The summed E-state index contributed by atoms with van der Waals surface area (Å²) in [5.41, 5.74) is -4.97. The van der Waals surface area contributed by atoms with Crippen LogP contribution in [0.5, 0.6) is 0 Å². The zero-order chi connectivity index (χ0) is 27.9. The maximum absolute atomic E-state index is 14.9. The Morgan fingerprint density at radius 1 is 1.16 bits per heavy atom. The van der Waals surface area contributed by atoms with Crippen LogP contribution in [0.15, 0.2) is 58.3 Å². The van der Waals surface area contributed by atoms with Gasteiger partial charge in [-0.3, -0.25) is 13.9 Å². The summed E-state index contributed by atoms with van der Waals surface area (Å²) in [6.45, 7) is 9.56. The fourth-order valence-electron chi connectivity index (χ4n) is 4.09. The van der Waals surface area contributed by atoms with Crippen molar-refractivity contribution in [2.24, 2.45) is 0 Å². The zero-order valence-electron chi connectivity index (χ0n) is 19.7. The Morgan fingerprint density at radius 3 is 2.45 bits per heavy atom. The second-order valence-corrected chi connectivity index (χ2v) is 8.05. The summed E-state index contributed by atoms with van der Waals surface area (Å²) in [4.78, 5) is 42.0. The molecule has 38 heavy (non-hydrogen) atoms. The molecule has 2 aromatic carbocycles. The van der Waals surface area contributed by atoms with Crippen LogP contribution in [0.3, 0.4) is 0 Å². The lowest BCUT2D eigenvalue weighted by atomic mass is 10.1. The van der Waals surface area contributed by atoms with Gasteiger partial charge in [-0.1, -0.05) is 12.1 Å². The van der Waals surface area contributed by atoms with Gasteiger partial charge in [0.05, 0.1) is 41.0 Å². The van der Waals surface area contributed by atoms with Gasteiger partial charge in [-0.05, 0) is 44.2 Å². The van der Waals surface area contributed by atoms with Gasteiger partial charge in [0.2, 0.25) is 0 Å². The number of alkyl halides is 3. The molecule has 9 nitrogen and oxygen atoms in total. The van der Waals surface area contributed by atoms with Crippen molar-refractivity contribution in [3.8, 4) is 22.6 Å². The predicted molar refractivity (Wildman–Crippen MR) is 127 cm³/mol. The average Bonchev–Trinajstić information content (AvgIpc) is 3.28. The van der Waals surface area contributed by atoms with Gasteiger partial charge < -0.3 is 5.11 Å². The second-order valence-electron chi connectivity index (χ2n) is 8.05. The van der Waals surface area contributed by atoms with E-state index in [2.05, 4.69) is 9.94 Å². The Morgan fingerprint density at radius 2 is 1.87 bits per heavy atom. The van der Waals surface area contributed by atoms with Crippen LogP contribution in [0.4, 0.5) is 23.2 Å². The summed E-state index contributed by atoms with van der Waals surface area (Å²) in [6.07, 6.45) is -3.84. The van der Waals surface area contributed by atoms with Crippen molar-refractivity contribution in [1.29, 1.82) is 0 Å². The minimum Gasteiger partial charge on any atom is -0.478 e. The van der Waals surface area contributed by atoms with Crippen molar-refractivity contribution in [3.05, 3.63) is 104 Å². The second kappa shape index (κ2) is 9.47. The molecular weight excluding hydrogens is 510 g/mol. The third-order valence-corrected chi connectivity index (χ3v) is 5.85. The monoisotopic (exact) mass is 527 g/mol. The third kappa shape index (κ3) is 4.26. The molecule has 0 saturated heterocycles. The van der Waals surface area contributed by atoms with Gasteiger partial charge in [0, 0.05) is 12.2 Å². The van der Waals surface area contributed by atoms with E-state index >= 15 is 0 Å². The highest BCUT2D eigenvalue weighted by atomic mass is 19.4. The summed E-state index contributed by atoms with van der Waals surface area (Å²) in [5, 5.41) is 13.8. The first-order valence-corrected chi connectivity index (χ1v) is 10.9. The Kier molecular flexibility index (Phi) is 6.50. The van der Waals surface area contributed by atoms with Gasteiger partial charge in [-0.15, -0.1) is 0 Å². The standard InChI is InChI=1S/C25H17F4N5O4/c1-4-32-22(35)20(13(2)33(24(32)38)16-7-5-6-14(10-16)25(27,28)29)21-17(23(36)37)12-31-34(21)19-9-8-15(30-3)11-18(19)26/h5-12H,4H2,1-2H3,(H,36,37). The van der Waals surface area contributed by atoms with Crippen molar-refractivity contribution < 1.29 is 27.5 Å². The smallest absolute Gasteiger partial charge is 0.416 e. The summed E-state index contributed by atoms with van der Waals surface area (Å²) in [7, 11) is 0.